The zero-order valence-corrected chi connectivity index (χ0v) is 26.7. The van der Waals surface area contributed by atoms with Gasteiger partial charge in [-0.25, -0.2) is 9.97 Å². The summed E-state index contributed by atoms with van der Waals surface area (Å²) < 4.78 is 13.0. The third kappa shape index (κ3) is 3.73. The van der Waals surface area contributed by atoms with Gasteiger partial charge in [0.2, 0.25) is 5.95 Å². The quantitative estimate of drug-likeness (QED) is 0.192. The standard InChI is InChI=1S/C44H27N5O/c1-3-12-28(13-4-1)47-26-24-34-37(47)23-22-33-31-17-8-10-21-39(31)49(41(33)34)44-45-36-25-27-50-43(36)40(46-44)35-19-11-18-32-30-16-7-9-20-38(30)48(42(32)35)29-14-5-2-6-15-29/h1-27H. The summed E-state index contributed by atoms with van der Waals surface area (Å²) in [5, 5.41) is 5.78. The Balaban J connectivity index is 1.25. The highest BCUT2D eigenvalue weighted by atomic mass is 16.3. The molecule has 0 atom stereocenters. The van der Waals surface area contributed by atoms with Crippen LogP contribution in [0.4, 0.5) is 0 Å². The number of fused-ring (bicyclic) bond motifs is 9. The second kappa shape index (κ2) is 10.3. The summed E-state index contributed by atoms with van der Waals surface area (Å²) in [7, 11) is 0. The van der Waals surface area contributed by atoms with Crippen LogP contribution in [0.3, 0.4) is 0 Å². The molecule has 0 amide bonds. The molecule has 0 bridgehead atoms. The fourth-order valence-corrected chi connectivity index (χ4v) is 7.89. The van der Waals surface area contributed by atoms with Crippen LogP contribution in [0.15, 0.2) is 169 Å². The Bertz CT molecular complexity index is 3090. The molecule has 6 nitrogen and oxygen atoms in total. The van der Waals surface area contributed by atoms with Gasteiger partial charge in [0.25, 0.3) is 0 Å². The molecule has 0 saturated carbocycles. The topological polar surface area (TPSA) is 53.7 Å². The van der Waals surface area contributed by atoms with Crippen LogP contribution < -0.4 is 0 Å². The molecule has 0 fully saturated rings. The first-order chi connectivity index (χ1) is 24.8. The van der Waals surface area contributed by atoms with Crippen molar-refractivity contribution in [1.29, 1.82) is 0 Å². The van der Waals surface area contributed by atoms with Crippen molar-refractivity contribution in [3.05, 3.63) is 164 Å². The maximum atomic E-state index is 6.20. The van der Waals surface area contributed by atoms with Crippen LogP contribution in [0.25, 0.3) is 94.2 Å². The van der Waals surface area contributed by atoms with Crippen LogP contribution in [-0.4, -0.2) is 23.7 Å². The minimum absolute atomic E-state index is 0.597. The van der Waals surface area contributed by atoms with Crippen LogP contribution in [0.5, 0.6) is 0 Å². The van der Waals surface area contributed by atoms with Crippen LogP contribution in [-0.2, 0) is 0 Å². The van der Waals surface area contributed by atoms with Crippen molar-refractivity contribution < 1.29 is 4.42 Å². The lowest BCUT2D eigenvalue weighted by Gasteiger charge is -2.13. The van der Waals surface area contributed by atoms with Gasteiger partial charge in [-0.2, -0.15) is 0 Å². The second-order valence-corrected chi connectivity index (χ2v) is 12.7. The van der Waals surface area contributed by atoms with Gasteiger partial charge in [0, 0.05) is 56.1 Å². The Morgan fingerprint density at radius 2 is 1.10 bits per heavy atom. The van der Waals surface area contributed by atoms with E-state index in [2.05, 4.69) is 159 Å². The van der Waals surface area contributed by atoms with Crippen LogP contribution in [0.2, 0.25) is 0 Å². The monoisotopic (exact) mass is 641 g/mol. The highest BCUT2D eigenvalue weighted by Gasteiger charge is 2.23. The summed E-state index contributed by atoms with van der Waals surface area (Å²) in [5.74, 6) is 0.597. The molecular weight excluding hydrogens is 615 g/mol. The average molecular weight is 642 g/mol. The van der Waals surface area contributed by atoms with E-state index >= 15 is 0 Å². The Morgan fingerprint density at radius 3 is 1.88 bits per heavy atom. The van der Waals surface area contributed by atoms with Crippen molar-refractivity contribution in [2.45, 2.75) is 0 Å². The molecule has 50 heavy (non-hydrogen) atoms. The summed E-state index contributed by atoms with van der Waals surface area (Å²) in [6.45, 7) is 0. The number of hydrogen-bond acceptors (Lipinski definition) is 3. The Labute approximate surface area is 285 Å². The Kier molecular flexibility index (Phi) is 5.57. The van der Waals surface area contributed by atoms with E-state index in [-0.39, 0.29) is 0 Å². The van der Waals surface area contributed by atoms with Crippen LogP contribution in [0.1, 0.15) is 0 Å². The maximum Gasteiger partial charge on any atom is 0.236 e. The van der Waals surface area contributed by atoms with Crippen molar-refractivity contribution in [2.24, 2.45) is 0 Å². The van der Waals surface area contributed by atoms with E-state index in [0.717, 1.165) is 77.3 Å². The minimum atomic E-state index is 0.597. The molecule has 0 N–H and O–H groups in total. The fraction of sp³-hybridized carbons (Fsp3) is 0. The molecule has 0 saturated heterocycles. The summed E-state index contributed by atoms with van der Waals surface area (Å²) in [6, 6.07) is 53.2. The number of rotatable bonds is 4. The first-order valence-electron chi connectivity index (χ1n) is 16.8. The third-order valence-corrected chi connectivity index (χ3v) is 9.99. The molecule has 0 spiro atoms. The Morgan fingerprint density at radius 1 is 0.440 bits per heavy atom. The first-order valence-corrected chi connectivity index (χ1v) is 16.8. The van der Waals surface area contributed by atoms with E-state index < -0.39 is 0 Å². The summed E-state index contributed by atoms with van der Waals surface area (Å²) in [5.41, 5.74) is 10.8. The van der Waals surface area contributed by atoms with Crippen LogP contribution >= 0.6 is 0 Å². The zero-order valence-electron chi connectivity index (χ0n) is 26.7. The molecule has 0 aliphatic rings. The zero-order chi connectivity index (χ0) is 32.8. The van der Waals surface area contributed by atoms with E-state index in [4.69, 9.17) is 14.4 Å². The maximum absolute atomic E-state index is 6.20. The van der Waals surface area contributed by atoms with Gasteiger partial charge in [0.15, 0.2) is 5.58 Å². The number of hydrogen-bond donors (Lipinski definition) is 0. The lowest BCUT2D eigenvalue weighted by Crippen LogP contribution is -2.04. The van der Waals surface area contributed by atoms with Crippen molar-refractivity contribution in [1.82, 2.24) is 23.7 Å². The first kappa shape index (κ1) is 27.1. The van der Waals surface area contributed by atoms with Gasteiger partial charge in [-0.05, 0) is 48.5 Å². The number of para-hydroxylation sites is 5. The van der Waals surface area contributed by atoms with Crippen molar-refractivity contribution in [3.63, 3.8) is 0 Å². The van der Waals surface area contributed by atoms with E-state index in [1.807, 2.05) is 12.1 Å². The molecule has 6 aromatic carbocycles. The van der Waals surface area contributed by atoms with Gasteiger partial charge in [-0.3, -0.25) is 4.57 Å². The number of furan rings is 1. The summed E-state index contributed by atoms with van der Waals surface area (Å²) in [4.78, 5) is 10.6. The largest absolute Gasteiger partial charge is 0.460 e. The number of benzene rings is 6. The third-order valence-electron chi connectivity index (χ3n) is 9.99. The number of nitrogens with zero attached hydrogens (tertiary/aromatic N) is 5. The number of aromatic nitrogens is 5. The lowest BCUT2D eigenvalue weighted by molar-refractivity contribution is 0.614. The van der Waals surface area contributed by atoms with Crippen molar-refractivity contribution in [3.8, 4) is 28.6 Å². The molecule has 234 valence electrons. The van der Waals surface area contributed by atoms with Gasteiger partial charge in [0.05, 0.1) is 33.8 Å². The fourth-order valence-electron chi connectivity index (χ4n) is 7.89. The Hall–Kier alpha value is -6.92. The molecular formula is C44H27N5O. The van der Waals surface area contributed by atoms with E-state index in [1.165, 1.54) is 5.39 Å². The molecule has 0 radical (unpaired) electrons. The van der Waals surface area contributed by atoms with Gasteiger partial charge in [-0.1, -0.05) is 97.1 Å². The van der Waals surface area contributed by atoms with Crippen molar-refractivity contribution >= 4 is 65.6 Å². The van der Waals surface area contributed by atoms with E-state index in [1.54, 1.807) is 6.26 Å². The SMILES string of the molecule is c1ccc(-n2ccc3c2ccc2c4ccccc4n(-c4nc(-c5cccc6c7ccccc7n(-c7ccccc7)c56)c5occc5n4)c23)cc1. The van der Waals surface area contributed by atoms with E-state index in [9.17, 15) is 0 Å². The van der Waals surface area contributed by atoms with E-state index in [0.29, 0.717) is 11.5 Å². The van der Waals surface area contributed by atoms with Gasteiger partial charge < -0.3 is 13.6 Å². The summed E-state index contributed by atoms with van der Waals surface area (Å²) >= 11 is 0. The molecule has 5 aromatic heterocycles. The minimum Gasteiger partial charge on any atom is -0.460 e. The summed E-state index contributed by atoms with van der Waals surface area (Å²) in [6.07, 6.45) is 3.86. The van der Waals surface area contributed by atoms with Crippen LogP contribution in [0, 0.1) is 0 Å². The molecule has 0 aliphatic heterocycles. The predicted octanol–water partition coefficient (Wildman–Crippen LogP) is 11.0. The molecule has 11 rings (SSSR count). The predicted molar refractivity (Wildman–Crippen MR) is 203 cm³/mol. The van der Waals surface area contributed by atoms with Gasteiger partial charge in [-0.15, -0.1) is 0 Å². The second-order valence-electron chi connectivity index (χ2n) is 12.7. The normalized spacial score (nSPS) is 12.0. The molecule has 11 aromatic rings. The molecule has 6 heteroatoms. The highest BCUT2D eigenvalue weighted by Crippen LogP contribution is 2.41. The molecule has 0 aliphatic carbocycles. The van der Waals surface area contributed by atoms with Crippen molar-refractivity contribution in [2.75, 3.05) is 0 Å². The highest BCUT2D eigenvalue weighted by molar-refractivity contribution is 6.19. The lowest BCUT2D eigenvalue weighted by atomic mass is 10.1. The smallest absolute Gasteiger partial charge is 0.236 e. The van der Waals surface area contributed by atoms with Gasteiger partial charge >= 0.3 is 0 Å². The van der Waals surface area contributed by atoms with Gasteiger partial charge in [0.1, 0.15) is 11.2 Å². The molecule has 0 unspecified atom stereocenters. The molecule has 5 heterocycles. The average Bonchev–Trinajstić information content (AvgIpc) is 3.97.